The number of amides is 2. The molecule has 2 amide bonds. The standard InChI is InChI=1S/C23H26N4O2S2/c1-16-8-12-19(13-9-16)25-22(29)23-27-26-21(31-23)15-30-14-20(28)24-17(2)10-11-18-6-4-3-5-7-18/h3-9,12-13,17H,10-11,14-15H2,1-2H3,(H,24,28)(H,25,29)/t17-/m1/s1. The molecule has 0 aliphatic carbocycles. The van der Waals surface area contributed by atoms with Crippen molar-refractivity contribution in [2.75, 3.05) is 11.1 Å². The Kier molecular flexibility index (Phi) is 8.61. The Morgan fingerprint density at radius 2 is 1.81 bits per heavy atom. The number of nitrogens with one attached hydrogen (secondary N) is 2. The van der Waals surface area contributed by atoms with Crippen molar-refractivity contribution in [1.29, 1.82) is 0 Å². The van der Waals surface area contributed by atoms with Gasteiger partial charge in [-0.25, -0.2) is 0 Å². The maximum atomic E-state index is 12.3. The van der Waals surface area contributed by atoms with Gasteiger partial charge in [0, 0.05) is 17.5 Å². The van der Waals surface area contributed by atoms with E-state index in [4.69, 9.17) is 0 Å². The monoisotopic (exact) mass is 454 g/mol. The van der Waals surface area contributed by atoms with Crippen molar-refractivity contribution in [3.63, 3.8) is 0 Å². The number of aryl methyl sites for hydroxylation is 2. The Balaban J connectivity index is 1.36. The van der Waals surface area contributed by atoms with E-state index in [0.717, 1.165) is 29.1 Å². The van der Waals surface area contributed by atoms with Gasteiger partial charge in [-0.1, -0.05) is 59.4 Å². The molecule has 6 nitrogen and oxygen atoms in total. The van der Waals surface area contributed by atoms with Gasteiger partial charge in [-0.3, -0.25) is 9.59 Å². The van der Waals surface area contributed by atoms with Crippen LogP contribution in [0.4, 0.5) is 5.69 Å². The van der Waals surface area contributed by atoms with Gasteiger partial charge in [-0.2, -0.15) is 0 Å². The number of thioether (sulfide) groups is 1. The summed E-state index contributed by atoms with van der Waals surface area (Å²) in [6, 6.07) is 17.9. The molecule has 3 aromatic rings. The van der Waals surface area contributed by atoms with Crippen LogP contribution in [-0.2, 0) is 17.0 Å². The molecular weight excluding hydrogens is 428 g/mol. The fraction of sp³-hybridized carbons (Fsp3) is 0.304. The van der Waals surface area contributed by atoms with Crippen LogP contribution in [0, 0.1) is 6.92 Å². The van der Waals surface area contributed by atoms with Gasteiger partial charge >= 0.3 is 0 Å². The summed E-state index contributed by atoms with van der Waals surface area (Å²) in [6.07, 6.45) is 1.84. The Bertz CT molecular complexity index is 990. The SMILES string of the molecule is Cc1ccc(NC(=O)c2nnc(CSCC(=O)N[C@H](C)CCc3ccccc3)s2)cc1. The Morgan fingerprint density at radius 1 is 1.06 bits per heavy atom. The molecule has 0 radical (unpaired) electrons. The normalized spacial score (nSPS) is 11.7. The molecule has 1 atom stereocenters. The number of aromatic nitrogens is 2. The van der Waals surface area contributed by atoms with Crippen molar-refractivity contribution in [1.82, 2.24) is 15.5 Å². The van der Waals surface area contributed by atoms with Gasteiger partial charge in [0.1, 0.15) is 5.01 Å². The number of carbonyl (C=O) groups excluding carboxylic acids is 2. The highest BCUT2D eigenvalue weighted by Crippen LogP contribution is 2.18. The van der Waals surface area contributed by atoms with Crippen LogP contribution in [0.25, 0.3) is 0 Å². The molecular formula is C23H26N4O2S2. The maximum Gasteiger partial charge on any atom is 0.286 e. The van der Waals surface area contributed by atoms with E-state index in [1.165, 1.54) is 28.7 Å². The van der Waals surface area contributed by atoms with Gasteiger partial charge in [0.05, 0.1) is 5.75 Å². The van der Waals surface area contributed by atoms with E-state index in [2.05, 4.69) is 33.0 Å². The van der Waals surface area contributed by atoms with Crippen molar-refractivity contribution in [3.05, 3.63) is 75.7 Å². The number of rotatable bonds is 10. The van der Waals surface area contributed by atoms with Crippen LogP contribution in [0.1, 0.15) is 39.3 Å². The highest BCUT2D eigenvalue weighted by molar-refractivity contribution is 7.99. The lowest BCUT2D eigenvalue weighted by molar-refractivity contribution is -0.119. The maximum absolute atomic E-state index is 12.3. The summed E-state index contributed by atoms with van der Waals surface area (Å²) in [4.78, 5) is 24.5. The van der Waals surface area contributed by atoms with Crippen molar-refractivity contribution >= 4 is 40.6 Å². The Labute approximate surface area is 190 Å². The first-order chi connectivity index (χ1) is 15.0. The van der Waals surface area contributed by atoms with E-state index in [1.807, 2.05) is 56.3 Å². The number of hydrogen-bond donors (Lipinski definition) is 2. The van der Waals surface area contributed by atoms with Gasteiger partial charge in [0.15, 0.2) is 0 Å². The third kappa shape index (κ3) is 7.80. The van der Waals surface area contributed by atoms with E-state index < -0.39 is 0 Å². The van der Waals surface area contributed by atoms with Crippen molar-refractivity contribution in [3.8, 4) is 0 Å². The lowest BCUT2D eigenvalue weighted by Crippen LogP contribution is -2.34. The summed E-state index contributed by atoms with van der Waals surface area (Å²) < 4.78 is 0. The molecule has 0 fully saturated rings. The number of nitrogens with zero attached hydrogens (tertiary/aromatic N) is 2. The van der Waals surface area contributed by atoms with E-state index in [0.29, 0.717) is 16.5 Å². The number of benzene rings is 2. The quantitative estimate of drug-likeness (QED) is 0.472. The molecule has 162 valence electrons. The van der Waals surface area contributed by atoms with E-state index in [-0.39, 0.29) is 17.9 Å². The minimum atomic E-state index is -0.275. The van der Waals surface area contributed by atoms with Crippen molar-refractivity contribution in [2.45, 2.75) is 38.5 Å². The summed E-state index contributed by atoms with van der Waals surface area (Å²) in [6.45, 7) is 4.02. The summed E-state index contributed by atoms with van der Waals surface area (Å²) >= 11 is 2.71. The second-order valence-corrected chi connectivity index (χ2v) is 9.35. The van der Waals surface area contributed by atoms with Gasteiger partial charge in [0.25, 0.3) is 5.91 Å². The predicted octanol–water partition coefficient (Wildman–Crippen LogP) is 4.47. The summed E-state index contributed by atoms with van der Waals surface area (Å²) in [5, 5.41) is 14.9. The summed E-state index contributed by atoms with van der Waals surface area (Å²) in [5.41, 5.74) is 3.12. The molecule has 0 saturated carbocycles. The van der Waals surface area contributed by atoms with Crippen LogP contribution in [0.5, 0.6) is 0 Å². The molecule has 0 unspecified atom stereocenters. The first-order valence-electron chi connectivity index (χ1n) is 10.1. The average Bonchev–Trinajstić information content (AvgIpc) is 3.24. The average molecular weight is 455 g/mol. The molecule has 0 aliphatic heterocycles. The second kappa shape index (κ2) is 11.6. The number of anilines is 1. The highest BCUT2D eigenvalue weighted by atomic mass is 32.2. The fourth-order valence-electron chi connectivity index (χ4n) is 2.87. The van der Waals surface area contributed by atoms with Crippen LogP contribution < -0.4 is 10.6 Å². The number of carbonyl (C=O) groups is 2. The highest BCUT2D eigenvalue weighted by Gasteiger charge is 2.14. The van der Waals surface area contributed by atoms with E-state index in [1.54, 1.807) is 0 Å². The van der Waals surface area contributed by atoms with Crippen LogP contribution in [0.15, 0.2) is 54.6 Å². The van der Waals surface area contributed by atoms with E-state index >= 15 is 0 Å². The van der Waals surface area contributed by atoms with Crippen molar-refractivity contribution < 1.29 is 9.59 Å². The third-order valence-electron chi connectivity index (χ3n) is 4.55. The molecule has 1 heterocycles. The molecule has 0 bridgehead atoms. The molecule has 0 spiro atoms. The zero-order valence-electron chi connectivity index (χ0n) is 17.6. The third-order valence-corrected chi connectivity index (χ3v) is 6.59. The molecule has 8 heteroatoms. The predicted molar refractivity (Wildman–Crippen MR) is 128 cm³/mol. The smallest absolute Gasteiger partial charge is 0.286 e. The molecule has 2 N–H and O–H groups in total. The topological polar surface area (TPSA) is 84.0 Å². The first kappa shape index (κ1) is 23.0. The number of hydrogen-bond acceptors (Lipinski definition) is 6. The van der Waals surface area contributed by atoms with Gasteiger partial charge in [-0.05, 0) is 44.4 Å². The molecule has 31 heavy (non-hydrogen) atoms. The molecule has 1 aromatic heterocycles. The summed E-state index contributed by atoms with van der Waals surface area (Å²) in [5.74, 6) is 0.622. The zero-order valence-corrected chi connectivity index (χ0v) is 19.3. The summed E-state index contributed by atoms with van der Waals surface area (Å²) in [7, 11) is 0. The Morgan fingerprint density at radius 3 is 2.55 bits per heavy atom. The van der Waals surface area contributed by atoms with Gasteiger partial charge < -0.3 is 10.6 Å². The molecule has 2 aromatic carbocycles. The molecule has 0 aliphatic rings. The second-order valence-electron chi connectivity index (χ2n) is 7.31. The van der Waals surface area contributed by atoms with Crippen LogP contribution in [-0.4, -0.2) is 33.8 Å². The zero-order chi connectivity index (χ0) is 22.1. The molecule has 0 saturated heterocycles. The van der Waals surface area contributed by atoms with E-state index in [9.17, 15) is 9.59 Å². The minimum absolute atomic E-state index is 0.00687. The van der Waals surface area contributed by atoms with Gasteiger partial charge in [-0.15, -0.1) is 22.0 Å². The molecule has 3 rings (SSSR count). The fourth-order valence-corrected chi connectivity index (χ4v) is 4.49. The minimum Gasteiger partial charge on any atom is -0.353 e. The first-order valence-corrected chi connectivity index (χ1v) is 12.1. The Hall–Kier alpha value is -2.71. The lowest BCUT2D eigenvalue weighted by atomic mass is 10.1. The van der Waals surface area contributed by atoms with Crippen LogP contribution in [0.3, 0.4) is 0 Å². The van der Waals surface area contributed by atoms with Crippen LogP contribution in [0.2, 0.25) is 0 Å². The van der Waals surface area contributed by atoms with Crippen LogP contribution >= 0.6 is 23.1 Å². The largest absolute Gasteiger partial charge is 0.353 e. The van der Waals surface area contributed by atoms with Gasteiger partial charge in [0.2, 0.25) is 10.9 Å². The van der Waals surface area contributed by atoms with Crippen molar-refractivity contribution in [2.24, 2.45) is 0 Å². The lowest BCUT2D eigenvalue weighted by Gasteiger charge is -2.13.